The summed E-state index contributed by atoms with van der Waals surface area (Å²) in [5, 5.41) is 0. The van der Waals surface area contributed by atoms with E-state index in [2.05, 4.69) is 11.8 Å². The summed E-state index contributed by atoms with van der Waals surface area (Å²) in [6.45, 7) is 7.69. The van der Waals surface area contributed by atoms with E-state index in [1.165, 1.54) is 4.31 Å². The number of allylic oxidation sites excluding steroid dienone is 1. The van der Waals surface area contributed by atoms with Crippen LogP contribution in [0.25, 0.3) is 0 Å². The second kappa shape index (κ2) is 9.26. The summed E-state index contributed by atoms with van der Waals surface area (Å²) in [5.74, 6) is 4.21. The third-order valence-electron chi connectivity index (χ3n) is 3.08. The summed E-state index contributed by atoms with van der Waals surface area (Å²) in [6.07, 6.45) is 1.80. The number of aryl methyl sites for hydroxylation is 1. The topological polar surface area (TPSA) is 63.7 Å². The van der Waals surface area contributed by atoms with Gasteiger partial charge in [0.25, 0.3) is 0 Å². The minimum absolute atomic E-state index is 0.0845. The lowest BCUT2D eigenvalue weighted by atomic mass is 10.2. The van der Waals surface area contributed by atoms with Crippen molar-refractivity contribution in [2.24, 2.45) is 0 Å². The van der Waals surface area contributed by atoms with E-state index in [0.29, 0.717) is 0 Å². The van der Waals surface area contributed by atoms with E-state index in [1.807, 2.05) is 20.8 Å². The summed E-state index contributed by atoms with van der Waals surface area (Å²) < 4.78 is 31.5. The number of carbonyl (C=O) groups is 1. The molecule has 24 heavy (non-hydrogen) atoms. The molecule has 0 bridgehead atoms. The van der Waals surface area contributed by atoms with Gasteiger partial charge < -0.3 is 4.74 Å². The monoisotopic (exact) mass is 349 g/mol. The quantitative estimate of drug-likeness (QED) is 0.343. The van der Waals surface area contributed by atoms with Crippen LogP contribution in [0.4, 0.5) is 0 Å². The van der Waals surface area contributed by atoms with Crippen LogP contribution < -0.4 is 0 Å². The van der Waals surface area contributed by atoms with Crippen molar-refractivity contribution < 1.29 is 17.9 Å². The summed E-state index contributed by atoms with van der Waals surface area (Å²) in [4.78, 5) is 11.5. The molecule has 0 saturated carbocycles. The zero-order valence-electron chi connectivity index (χ0n) is 14.5. The second-order valence-corrected chi connectivity index (χ2v) is 7.35. The van der Waals surface area contributed by atoms with Crippen LogP contribution in [-0.2, 0) is 19.6 Å². The first-order chi connectivity index (χ1) is 11.3. The largest absolute Gasteiger partial charge is 0.456 e. The van der Waals surface area contributed by atoms with Gasteiger partial charge in [-0.15, -0.1) is 0 Å². The third kappa shape index (κ3) is 6.19. The molecular weight excluding hydrogens is 326 g/mol. The van der Waals surface area contributed by atoms with Crippen molar-refractivity contribution in [1.82, 2.24) is 4.31 Å². The van der Waals surface area contributed by atoms with Crippen LogP contribution in [-0.4, -0.2) is 38.4 Å². The number of nitrogens with zero attached hydrogens (tertiary/aromatic N) is 1. The summed E-state index contributed by atoms with van der Waals surface area (Å²) in [7, 11) is -3.69. The lowest BCUT2D eigenvalue weighted by Crippen LogP contribution is -2.32. The highest BCUT2D eigenvalue weighted by atomic mass is 32.2. The van der Waals surface area contributed by atoms with Crippen LogP contribution in [0.15, 0.2) is 40.8 Å². The zero-order chi connectivity index (χ0) is 18.2. The Labute approximate surface area is 144 Å². The summed E-state index contributed by atoms with van der Waals surface area (Å²) in [5.41, 5.74) is 1.98. The molecule has 1 aromatic rings. The number of carbonyl (C=O) groups excluding carboxylic acids is 1. The average Bonchev–Trinajstić information content (AvgIpc) is 2.50. The predicted octanol–water partition coefficient (Wildman–Crippen LogP) is 2.52. The third-order valence-corrected chi connectivity index (χ3v) is 4.91. The van der Waals surface area contributed by atoms with Gasteiger partial charge in [-0.3, -0.25) is 0 Å². The molecule has 0 heterocycles. The Hall–Kier alpha value is -2.10. The predicted molar refractivity (Wildman–Crippen MR) is 93.8 cm³/mol. The Morgan fingerprint density at radius 3 is 2.42 bits per heavy atom. The van der Waals surface area contributed by atoms with Gasteiger partial charge in [-0.25, -0.2) is 13.2 Å². The van der Waals surface area contributed by atoms with E-state index < -0.39 is 16.0 Å². The Morgan fingerprint density at radius 2 is 1.88 bits per heavy atom. The molecule has 5 nitrogen and oxygen atoms in total. The lowest BCUT2D eigenvalue weighted by Gasteiger charge is -2.18. The van der Waals surface area contributed by atoms with Gasteiger partial charge in [0.05, 0.1) is 18.0 Å². The number of sulfonamides is 1. The minimum atomic E-state index is -3.69. The van der Waals surface area contributed by atoms with E-state index in [1.54, 1.807) is 37.3 Å². The van der Waals surface area contributed by atoms with Crippen molar-refractivity contribution in [3.05, 3.63) is 41.5 Å². The Balaban J connectivity index is 3.05. The molecule has 0 aliphatic carbocycles. The number of rotatable bonds is 6. The highest BCUT2D eigenvalue weighted by Crippen LogP contribution is 2.16. The Morgan fingerprint density at radius 1 is 1.25 bits per heavy atom. The van der Waals surface area contributed by atoms with E-state index in [9.17, 15) is 13.2 Å². The molecule has 1 aromatic carbocycles. The summed E-state index contributed by atoms with van der Waals surface area (Å²) >= 11 is 0. The van der Waals surface area contributed by atoms with Gasteiger partial charge in [-0.1, -0.05) is 35.3 Å². The smallest absolute Gasteiger partial charge is 0.384 e. The van der Waals surface area contributed by atoms with Gasteiger partial charge in [-0.2, -0.15) is 4.31 Å². The zero-order valence-corrected chi connectivity index (χ0v) is 15.3. The molecule has 0 atom stereocenters. The van der Waals surface area contributed by atoms with E-state index >= 15 is 0 Å². The highest BCUT2D eigenvalue weighted by molar-refractivity contribution is 7.89. The Bertz CT molecular complexity index is 748. The fraction of sp³-hybridized carbons (Fsp3) is 0.389. The molecule has 0 radical (unpaired) electrons. The first-order valence-electron chi connectivity index (χ1n) is 7.63. The molecule has 0 aliphatic rings. The highest BCUT2D eigenvalue weighted by Gasteiger charge is 2.22. The van der Waals surface area contributed by atoms with Gasteiger partial charge in [-0.05, 0) is 39.8 Å². The number of esters is 1. The van der Waals surface area contributed by atoms with Crippen LogP contribution in [0, 0.1) is 18.8 Å². The molecule has 0 N–H and O–H groups in total. The van der Waals surface area contributed by atoms with Crippen molar-refractivity contribution in [1.29, 1.82) is 0 Å². The molecule has 0 fully saturated rings. The van der Waals surface area contributed by atoms with Gasteiger partial charge >= 0.3 is 5.97 Å². The average molecular weight is 349 g/mol. The molecule has 0 amide bonds. The van der Waals surface area contributed by atoms with Gasteiger partial charge in [0, 0.05) is 12.5 Å². The molecular formula is C18H23NO4S. The number of hydrogen-bond acceptors (Lipinski definition) is 4. The van der Waals surface area contributed by atoms with Crippen LogP contribution in [0.1, 0.15) is 26.3 Å². The second-order valence-electron chi connectivity index (χ2n) is 5.41. The van der Waals surface area contributed by atoms with Crippen LogP contribution in [0.5, 0.6) is 0 Å². The van der Waals surface area contributed by atoms with Gasteiger partial charge in [0.2, 0.25) is 10.0 Å². The number of hydrogen-bond donors (Lipinski definition) is 0. The van der Waals surface area contributed by atoms with Crippen LogP contribution >= 0.6 is 0 Å². The first-order valence-corrected chi connectivity index (χ1v) is 9.07. The van der Waals surface area contributed by atoms with Gasteiger partial charge in [0.1, 0.15) is 0 Å². The van der Waals surface area contributed by atoms with Crippen molar-refractivity contribution in [2.75, 3.05) is 19.7 Å². The maximum absolute atomic E-state index is 12.8. The lowest BCUT2D eigenvalue weighted by molar-refractivity contribution is -0.136. The normalized spacial score (nSPS) is 10.7. The van der Waals surface area contributed by atoms with Crippen LogP contribution in [0.3, 0.4) is 0 Å². The van der Waals surface area contributed by atoms with Crippen molar-refractivity contribution >= 4 is 16.0 Å². The SMILES string of the molecule is CCOC(=O)C#CCN(CC=C(C)C)S(=O)(=O)c1ccc(C)cc1. The van der Waals surface area contributed by atoms with E-state index in [0.717, 1.165) is 11.1 Å². The number of benzene rings is 1. The van der Waals surface area contributed by atoms with Crippen molar-refractivity contribution in [2.45, 2.75) is 32.6 Å². The van der Waals surface area contributed by atoms with Gasteiger partial charge in [0.15, 0.2) is 0 Å². The molecule has 1 rings (SSSR count). The molecule has 0 unspecified atom stereocenters. The maximum Gasteiger partial charge on any atom is 0.384 e. The maximum atomic E-state index is 12.8. The Kier molecular flexibility index (Phi) is 7.69. The van der Waals surface area contributed by atoms with E-state index in [4.69, 9.17) is 4.74 Å². The molecule has 0 aromatic heterocycles. The molecule has 0 spiro atoms. The van der Waals surface area contributed by atoms with Crippen LogP contribution in [0.2, 0.25) is 0 Å². The molecule has 130 valence electrons. The fourth-order valence-electron chi connectivity index (χ4n) is 1.76. The molecule has 0 aliphatic heterocycles. The van der Waals surface area contributed by atoms with Crippen molar-refractivity contribution in [3.63, 3.8) is 0 Å². The molecule has 0 saturated heterocycles. The standard InChI is InChI=1S/C18H23NO4S/c1-5-23-18(20)7-6-13-19(14-12-15(2)3)24(21,22)17-10-8-16(4)9-11-17/h8-12H,5,13-14H2,1-4H3. The number of ether oxygens (including phenoxy) is 1. The summed E-state index contributed by atoms with van der Waals surface area (Å²) in [6, 6.07) is 6.63. The first kappa shape index (κ1) is 19.9. The minimum Gasteiger partial charge on any atom is -0.456 e. The van der Waals surface area contributed by atoms with Crippen molar-refractivity contribution in [3.8, 4) is 11.8 Å². The molecule has 6 heteroatoms. The van der Waals surface area contributed by atoms with E-state index in [-0.39, 0.29) is 24.6 Å². The fourth-order valence-corrected chi connectivity index (χ4v) is 3.04.